The molecule has 80 valence electrons. The van der Waals surface area contributed by atoms with Crippen molar-refractivity contribution in [3.8, 4) is 6.07 Å². The summed E-state index contributed by atoms with van der Waals surface area (Å²) in [5.74, 6) is 0. The van der Waals surface area contributed by atoms with Crippen LogP contribution in [0.4, 0.5) is 0 Å². The van der Waals surface area contributed by atoms with Crippen molar-refractivity contribution in [2.75, 3.05) is 0 Å². The molecule has 0 spiro atoms. The van der Waals surface area contributed by atoms with Gasteiger partial charge in [0.05, 0.1) is 23.1 Å². The number of aryl methyl sites for hydroxylation is 1. The third-order valence-corrected chi connectivity index (χ3v) is 3.34. The summed E-state index contributed by atoms with van der Waals surface area (Å²) in [6.45, 7) is 1.30. The molecule has 1 rings (SSSR count). The Morgan fingerprint density at radius 3 is 2.53 bits per heavy atom. The van der Waals surface area contributed by atoms with Gasteiger partial charge in [-0.2, -0.15) is 5.26 Å². The average Bonchev–Trinajstić information content (AvgIpc) is 2.15. The van der Waals surface area contributed by atoms with Gasteiger partial charge in [0, 0.05) is 10.7 Å². The summed E-state index contributed by atoms with van der Waals surface area (Å²) in [5, 5.41) is 17.8. The number of nitrogens with zero attached hydrogens (tertiary/aromatic N) is 1. The molecule has 0 aliphatic rings. The maximum absolute atomic E-state index is 11.0. The maximum Gasteiger partial charge on any atom is 0.261 e. The van der Waals surface area contributed by atoms with E-state index in [2.05, 4.69) is 0 Å². The molecule has 1 N–H and O–H groups in total. The third kappa shape index (κ3) is 2.48. The predicted molar refractivity (Wildman–Crippen MR) is 54.9 cm³/mol. The van der Waals surface area contributed by atoms with Crippen LogP contribution in [0.25, 0.3) is 0 Å². The molecule has 0 bridgehead atoms. The summed E-state index contributed by atoms with van der Waals surface area (Å²) in [4.78, 5) is -0.129. The molecule has 4 nitrogen and oxygen atoms in total. The first kappa shape index (κ1) is 12.0. The zero-order valence-corrected chi connectivity index (χ0v) is 9.43. The molecule has 0 aliphatic carbocycles. The van der Waals surface area contributed by atoms with E-state index < -0.39 is 9.05 Å². The SMILES string of the molecule is Cc1cc(S(=O)(=O)Cl)cc(C#N)c1CO. The number of hydrogen-bond donors (Lipinski definition) is 1. The number of aliphatic hydroxyl groups is 1. The normalized spacial score (nSPS) is 11.1. The maximum atomic E-state index is 11.0. The van der Waals surface area contributed by atoms with E-state index in [-0.39, 0.29) is 17.1 Å². The molecule has 0 atom stereocenters. The van der Waals surface area contributed by atoms with E-state index in [9.17, 15) is 8.42 Å². The van der Waals surface area contributed by atoms with Gasteiger partial charge in [-0.25, -0.2) is 8.42 Å². The fraction of sp³-hybridized carbons (Fsp3) is 0.222. The van der Waals surface area contributed by atoms with Gasteiger partial charge in [-0.1, -0.05) is 0 Å². The molecule has 0 unspecified atom stereocenters. The molecule has 1 aromatic carbocycles. The first-order valence-corrected chi connectivity index (χ1v) is 6.30. The Kier molecular flexibility index (Phi) is 3.35. The minimum Gasteiger partial charge on any atom is -0.392 e. The van der Waals surface area contributed by atoms with E-state index >= 15 is 0 Å². The molecule has 0 heterocycles. The second kappa shape index (κ2) is 4.19. The summed E-state index contributed by atoms with van der Waals surface area (Å²) < 4.78 is 22.1. The Balaban J connectivity index is 3.55. The van der Waals surface area contributed by atoms with E-state index in [1.54, 1.807) is 6.92 Å². The molecule has 1 aromatic rings. The molecule has 0 aromatic heterocycles. The van der Waals surface area contributed by atoms with Gasteiger partial charge in [0.1, 0.15) is 0 Å². The molecule has 0 fully saturated rings. The van der Waals surface area contributed by atoms with Crippen LogP contribution in [0.3, 0.4) is 0 Å². The number of aliphatic hydroxyl groups excluding tert-OH is 1. The quantitative estimate of drug-likeness (QED) is 0.797. The van der Waals surface area contributed by atoms with Crippen LogP contribution in [0.2, 0.25) is 0 Å². The van der Waals surface area contributed by atoms with Crippen molar-refractivity contribution in [2.24, 2.45) is 0 Å². The van der Waals surface area contributed by atoms with Crippen LogP contribution in [0.15, 0.2) is 17.0 Å². The largest absolute Gasteiger partial charge is 0.392 e. The summed E-state index contributed by atoms with van der Waals surface area (Å²) in [6, 6.07) is 4.30. The monoisotopic (exact) mass is 245 g/mol. The lowest BCUT2D eigenvalue weighted by Gasteiger charge is -2.06. The van der Waals surface area contributed by atoms with Crippen LogP contribution in [0.5, 0.6) is 0 Å². The van der Waals surface area contributed by atoms with Crippen LogP contribution in [0.1, 0.15) is 16.7 Å². The van der Waals surface area contributed by atoms with E-state index in [4.69, 9.17) is 21.1 Å². The minimum absolute atomic E-state index is 0.122. The first-order chi connectivity index (χ1) is 6.90. The molecule has 15 heavy (non-hydrogen) atoms. The van der Waals surface area contributed by atoms with Gasteiger partial charge in [0.25, 0.3) is 9.05 Å². The predicted octanol–water partition coefficient (Wildman–Crippen LogP) is 1.29. The lowest BCUT2D eigenvalue weighted by atomic mass is 10.0. The summed E-state index contributed by atoms with van der Waals surface area (Å²) in [7, 11) is 1.31. The van der Waals surface area contributed by atoms with Crippen molar-refractivity contribution in [1.82, 2.24) is 0 Å². The van der Waals surface area contributed by atoms with Gasteiger partial charge in [-0.15, -0.1) is 0 Å². The van der Waals surface area contributed by atoms with E-state index in [0.29, 0.717) is 11.1 Å². The number of benzene rings is 1. The fourth-order valence-electron chi connectivity index (χ4n) is 1.23. The van der Waals surface area contributed by atoms with E-state index in [1.165, 1.54) is 6.07 Å². The highest BCUT2D eigenvalue weighted by molar-refractivity contribution is 8.13. The Hall–Kier alpha value is -1.09. The van der Waals surface area contributed by atoms with Gasteiger partial charge >= 0.3 is 0 Å². The Morgan fingerprint density at radius 2 is 2.13 bits per heavy atom. The summed E-state index contributed by atoms with van der Waals surface area (Å²) >= 11 is 0. The number of hydrogen-bond acceptors (Lipinski definition) is 4. The smallest absolute Gasteiger partial charge is 0.261 e. The van der Waals surface area contributed by atoms with Crippen molar-refractivity contribution in [1.29, 1.82) is 5.26 Å². The third-order valence-electron chi connectivity index (χ3n) is 2.01. The number of halogens is 1. The number of nitriles is 1. The van der Waals surface area contributed by atoms with E-state index in [0.717, 1.165) is 6.07 Å². The Labute approximate surface area is 92.1 Å². The molecular weight excluding hydrogens is 238 g/mol. The average molecular weight is 246 g/mol. The first-order valence-electron chi connectivity index (χ1n) is 3.99. The Bertz CT molecular complexity index is 531. The van der Waals surface area contributed by atoms with Gasteiger partial charge in [-0.05, 0) is 30.2 Å². The molecule has 0 radical (unpaired) electrons. The van der Waals surface area contributed by atoms with Crippen LogP contribution in [-0.4, -0.2) is 13.5 Å². The second-order valence-electron chi connectivity index (χ2n) is 2.97. The van der Waals surface area contributed by atoms with Crippen molar-refractivity contribution < 1.29 is 13.5 Å². The zero-order valence-electron chi connectivity index (χ0n) is 7.86. The topological polar surface area (TPSA) is 78.2 Å². The Morgan fingerprint density at radius 1 is 1.53 bits per heavy atom. The highest BCUT2D eigenvalue weighted by Gasteiger charge is 2.15. The van der Waals surface area contributed by atoms with Crippen LogP contribution < -0.4 is 0 Å². The van der Waals surface area contributed by atoms with Crippen LogP contribution in [-0.2, 0) is 15.7 Å². The fourth-order valence-corrected chi connectivity index (χ4v) is 2.08. The molecular formula is C9H8ClNO3S. The molecule has 0 saturated carbocycles. The number of rotatable bonds is 2. The highest BCUT2D eigenvalue weighted by atomic mass is 35.7. The minimum atomic E-state index is -3.84. The summed E-state index contributed by atoms with van der Waals surface area (Å²) in [6.07, 6.45) is 0. The van der Waals surface area contributed by atoms with Gasteiger partial charge in [0.15, 0.2) is 0 Å². The summed E-state index contributed by atoms with van der Waals surface area (Å²) in [5.41, 5.74) is 1.06. The zero-order chi connectivity index (χ0) is 11.6. The van der Waals surface area contributed by atoms with Crippen molar-refractivity contribution in [3.63, 3.8) is 0 Å². The van der Waals surface area contributed by atoms with Crippen molar-refractivity contribution in [2.45, 2.75) is 18.4 Å². The van der Waals surface area contributed by atoms with Gasteiger partial charge in [-0.3, -0.25) is 0 Å². The van der Waals surface area contributed by atoms with Gasteiger partial charge in [0.2, 0.25) is 0 Å². The highest BCUT2D eigenvalue weighted by Crippen LogP contribution is 2.22. The molecule has 6 heteroatoms. The second-order valence-corrected chi connectivity index (χ2v) is 5.54. The van der Waals surface area contributed by atoms with Gasteiger partial charge < -0.3 is 5.11 Å². The van der Waals surface area contributed by atoms with E-state index in [1.807, 2.05) is 6.07 Å². The molecule has 0 saturated heterocycles. The van der Waals surface area contributed by atoms with Crippen LogP contribution in [0, 0.1) is 18.3 Å². The standard InChI is InChI=1S/C9H8ClNO3S/c1-6-2-8(15(10,13)14)3-7(4-11)9(6)5-12/h2-3,12H,5H2,1H3. The molecule has 0 aliphatic heterocycles. The van der Waals surface area contributed by atoms with Crippen LogP contribution >= 0.6 is 10.7 Å². The molecule has 0 amide bonds. The van der Waals surface area contributed by atoms with Crippen molar-refractivity contribution in [3.05, 3.63) is 28.8 Å². The lowest BCUT2D eigenvalue weighted by molar-refractivity contribution is 0.280. The van der Waals surface area contributed by atoms with Crippen molar-refractivity contribution >= 4 is 19.7 Å². The lowest BCUT2D eigenvalue weighted by Crippen LogP contribution is -1.99.